The molecule has 0 spiro atoms. The molecule has 2 saturated heterocycles. The van der Waals surface area contributed by atoms with Gasteiger partial charge in [0.15, 0.2) is 17.6 Å². The minimum Gasteiger partial charge on any atom is -0.380 e. The minimum atomic E-state index is -0.267. The van der Waals surface area contributed by atoms with Crippen LogP contribution in [-0.2, 0) is 4.74 Å². The highest BCUT2D eigenvalue weighted by atomic mass is 19.1. The molecule has 24 heavy (non-hydrogen) atoms. The van der Waals surface area contributed by atoms with Gasteiger partial charge >= 0.3 is 0 Å². The van der Waals surface area contributed by atoms with Gasteiger partial charge in [-0.2, -0.15) is 0 Å². The molecule has 0 radical (unpaired) electrons. The van der Waals surface area contributed by atoms with Gasteiger partial charge in [-0.25, -0.2) is 9.37 Å². The molecule has 7 heteroatoms. The number of hydrogen-bond donors (Lipinski definition) is 2. The van der Waals surface area contributed by atoms with Gasteiger partial charge in [0.25, 0.3) is 0 Å². The lowest BCUT2D eigenvalue weighted by atomic mass is 9.89. The number of ether oxygens (including phenoxy) is 1. The van der Waals surface area contributed by atoms with Crippen LogP contribution in [0.4, 0.5) is 10.2 Å². The third-order valence-corrected chi connectivity index (χ3v) is 4.43. The normalized spacial score (nSPS) is 23.0. The summed E-state index contributed by atoms with van der Waals surface area (Å²) in [5, 5.41) is 6.75. The minimum absolute atomic E-state index is 0.154. The van der Waals surface area contributed by atoms with Crippen LogP contribution in [0.15, 0.2) is 23.3 Å². The van der Waals surface area contributed by atoms with Crippen molar-refractivity contribution in [1.82, 2.24) is 15.6 Å². The highest BCUT2D eigenvalue weighted by Crippen LogP contribution is 2.26. The molecule has 0 amide bonds. The Morgan fingerprint density at radius 3 is 3.04 bits per heavy atom. The highest BCUT2D eigenvalue weighted by molar-refractivity contribution is 5.80. The fraction of sp³-hybridized carbons (Fsp3) is 0.647. The number of guanidine groups is 1. The van der Waals surface area contributed by atoms with Gasteiger partial charge in [0, 0.05) is 37.3 Å². The summed E-state index contributed by atoms with van der Waals surface area (Å²) in [5.74, 6) is 0.985. The molecule has 3 heterocycles. The molecule has 1 unspecified atom stereocenters. The van der Waals surface area contributed by atoms with E-state index in [4.69, 9.17) is 9.73 Å². The monoisotopic (exact) mass is 335 g/mol. The summed E-state index contributed by atoms with van der Waals surface area (Å²) in [5.41, 5.74) is 0.154. The Morgan fingerprint density at radius 1 is 1.54 bits per heavy atom. The van der Waals surface area contributed by atoms with Crippen LogP contribution in [0.1, 0.15) is 20.3 Å². The van der Waals surface area contributed by atoms with E-state index in [0.717, 1.165) is 51.8 Å². The molecule has 2 N–H and O–H groups in total. The number of aromatic nitrogens is 1. The van der Waals surface area contributed by atoms with Crippen LogP contribution in [0.5, 0.6) is 0 Å². The zero-order valence-electron chi connectivity index (χ0n) is 14.4. The topological polar surface area (TPSA) is 61.8 Å². The fourth-order valence-electron chi connectivity index (χ4n) is 3.01. The first-order valence-electron chi connectivity index (χ1n) is 8.58. The summed E-state index contributed by atoms with van der Waals surface area (Å²) < 4.78 is 19.2. The third kappa shape index (κ3) is 3.95. The molecule has 1 aromatic heterocycles. The molecule has 6 nitrogen and oxygen atoms in total. The number of aliphatic imine (C=N–C) groups is 1. The van der Waals surface area contributed by atoms with Crippen molar-refractivity contribution >= 4 is 11.8 Å². The quantitative estimate of drug-likeness (QED) is 0.629. The largest absolute Gasteiger partial charge is 0.380 e. The number of hydrogen-bond acceptors (Lipinski definition) is 4. The third-order valence-electron chi connectivity index (χ3n) is 4.43. The maximum Gasteiger partial charge on any atom is 0.191 e. The van der Waals surface area contributed by atoms with Crippen LogP contribution in [0, 0.1) is 11.2 Å². The van der Waals surface area contributed by atoms with Gasteiger partial charge in [-0.05, 0) is 25.5 Å². The molecule has 0 saturated carbocycles. The molecule has 0 aromatic carbocycles. The molecule has 0 aliphatic carbocycles. The van der Waals surface area contributed by atoms with Crippen LogP contribution < -0.4 is 15.5 Å². The van der Waals surface area contributed by atoms with E-state index >= 15 is 0 Å². The van der Waals surface area contributed by atoms with E-state index in [-0.39, 0.29) is 17.3 Å². The number of pyridine rings is 1. The average molecular weight is 335 g/mol. The highest BCUT2D eigenvalue weighted by Gasteiger charge is 2.33. The second-order valence-electron chi connectivity index (χ2n) is 6.88. The van der Waals surface area contributed by atoms with Crippen LogP contribution in [-0.4, -0.2) is 56.4 Å². The van der Waals surface area contributed by atoms with Gasteiger partial charge < -0.3 is 20.3 Å². The fourth-order valence-corrected chi connectivity index (χ4v) is 3.01. The maximum atomic E-state index is 13.9. The standard InChI is InChI=1S/C17H26FN5O/c1-3-19-16(21-10-17(2)11-24-12-17)22-13-6-8-23(9-13)15-14(18)5-4-7-20-15/h4-5,7,13H,3,6,8-12H2,1-2H3,(H2,19,21,22). The Hall–Kier alpha value is -1.89. The van der Waals surface area contributed by atoms with Crippen LogP contribution in [0.2, 0.25) is 0 Å². The number of nitrogens with one attached hydrogen (secondary N) is 2. The molecule has 1 aromatic rings. The van der Waals surface area contributed by atoms with E-state index in [2.05, 4.69) is 29.5 Å². The first-order valence-corrected chi connectivity index (χ1v) is 8.58. The van der Waals surface area contributed by atoms with Gasteiger partial charge in [-0.3, -0.25) is 4.99 Å². The van der Waals surface area contributed by atoms with E-state index in [1.807, 2.05) is 4.90 Å². The van der Waals surface area contributed by atoms with E-state index in [1.165, 1.54) is 6.07 Å². The van der Waals surface area contributed by atoms with Gasteiger partial charge in [0.05, 0.1) is 19.8 Å². The lowest BCUT2D eigenvalue weighted by Crippen LogP contribution is -2.47. The van der Waals surface area contributed by atoms with Gasteiger partial charge in [-0.1, -0.05) is 6.92 Å². The summed E-state index contributed by atoms with van der Waals surface area (Å²) in [6, 6.07) is 3.30. The molecule has 0 bridgehead atoms. The Labute approximate surface area is 142 Å². The Kier molecular flexibility index (Phi) is 5.18. The second-order valence-corrected chi connectivity index (χ2v) is 6.88. The molecule has 2 fully saturated rings. The second kappa shape index (κ2) is 7.34. The molecular formula is C17H26FN5O. The molecule has 2 aliphatic heterocycles. The molecule has 132 valence electrons. The van der Waals surface area contributed by atoms with Crippen molar-refractivity contribution in [3.8, 4) is 0 Å². The lowest BCUT2D eigenvalue weighted by Gasteiger charge is -2.36. The molecule has 2 aliphatic rings. The summed E-state index contributed by atoms with van der Waals surface area (Å²) in [4.78, 5) is 10.8. The van der Waals surface area contributed by atoms with Crippen molar-refractivity contribution in [2.45, 2.75) is 26.3 Å². The Morgan fingerprint density at radius 2 is 2.38 bits per heavy atom. The smallest absolute Gasteiger partial charge is 0.191 e. The average Bonchev–Trinajstić information content (AvgIpc) is 3.00. The van der Waals surface area contributed by atoms with Crippen molar-refractivity contribution < 1.29 is 9.13 Å². The lowest BCUT2D eigenvalue weighted by molar-refractivity contribution is -0.0945. The van der Waals surface area contributed by atoms with Crippen LogP contribution in [0.25, 0.3) is 0 Å². The number of halogens is 1. The zero-order chi connectivity index (χ0) is 17.0. The van der Waals surface area contributed by atoms with Crippen LogP contribution >= 0.6 is 0 Å². The predicted octanol–water partition coefficient (Wildman–Crippen LogP) is 1.39. The van der Waals surface area contributed by atoms with E-state index in [0.29, 0.717) is 5.82 Å². The summed E-state index contributed by atoms with van der Waals surface area (Å²) in [7, 11) is 0. The van der Waals surface area contributed by atoms with Crippen molar-refractivity contribution in [2.24, 2.45) is 10.4 Å². The summed E-state index contributed by atoms with van der Waals surface area (Å²) in [6.45, 7) is 8.84. The van der Waals surface area contributed by atoms with Gasteiger partial charge in [-0.15, -0.1) is 0 Å². The SMILES string of the molecule is CCNC(=NCC1(C)COC1)NC1CCN(c2ncccc2F)C1. The predicted molar refractivity (Wildman–Crippen MR) is 92.9 cm³/mol. The molecule has 1 atom stereocenters. The molecule has 3 rings (SSSR count). The van der Waals surface area contributed by atoms with Crippen LogP contribution in [0.3, 0.4) is 0 Å². The first kappa shape index (κ1) is 17.0. The summed E-state index contributed by atoms with van der Waals surface area (Å²) in [6.07, 6.45) is 2.56. The number of nitrogens with zero attached hydrogens (tertiary/aromatic N) is 3. The van der Waals surface area contributed by atoms with E-state index in [1.54, 1.807) is 12.3 Å². The van der Waals surface area contributed by atoms with Gasteiger partial charge in [0.1, 0.15) is 0 Å². The van der Waals surface area contributed by atoms with Crippen molar-refractivity contribution in [3.63, 3.8) is 0 Å². The Bertz CT molecular complexity index is 590. The Balaban J connectivity index is 1.58. The van der Waals surface area contributed by atoms with Crippen molar-refractivity contribution in [1.29, 1.82) is 0 Å². The maximum absolute atomic E-state index is 13.9. The van der Waals surface area contributed by atoms with Crippen molar-refractivity contribution in [2.75, 3.05) is 44.3 Å². The number of anilines is 1. The molecular weight excluding hydrogens is 309 g/mol. The first-order chi connectivity index (χ1) is 11.6. The van der Waals surface area contributed by atoms with Gasteiger partial charge in [0.2, 0.25) is 0 Å². The van der Waals surface area contributed by atoms with E-state index in [9.17, 15) is 4.39 Å². The number of rotatable bonds is 5. The van der Waals surface area contributed by atoms with Crippen molar-refractivity contribution in [3.05, 3.63) is 24.1 Å². The van der Waals surface area contributed by atoms with E-state index < -0.39 is 0 Å². The zero-order valence-corrected chi connectivity index (χ0v) is 14.4. The summed E-state index contributed by atoms with van der Waals surface area (Å²) >= 11 is 0.